The van der Waals surface area contributed by atoms with Crippen molar-refractivity contribution < 1.29 is 67.8 Å². The van der Waals surface area contributed by atoms with Crippen LogP contribution in [0.4, 0.5) is 0 Å². The number of hydrogen-bond acceptors (Lipinski definition) is 13. The molecular weight excluding hydrogens is 723 g/mol. The third-order valence-corrected chi connectivity index (χ3v) is 10.0. The van der Waals surface area contributed by atoms with E-state index in [9.17, 15) is 39.5 Å². The maximum Gasteiger partial charge on any atom is 0.472 e. The van der Waals surface area contributed by atoms with Crippen molar-refractivity contribution >= 4 is 19.8 Å². The van der Waals surface area contributed by atoms with Crippen LogP contribution in [0, 0.1) is 11.8 Å². The van der Waals surface area contributed by atoms with Crippen molar-refractivity contribution in [1.82, 2.24) is 0 Å². The number of rotatable bonds is 32. The molecule has 0 bridgehead atoms. The molecule has 0 saturated carbocycles. The zero-order valence-electron chi connectivity index (χ0n) is 32.9. The van der Waals surface area contributed by atoms with Gasteiger partial charge in [0.15, 0.2) is 12.4 Å². The standard InChI is InChI=1S/C39H71O14P/c1-4-5-13-19-31(41)23-24-36-34(35(43)25-39(46)53-36)20-15-11-12-16-21-37(44)49-28-33(29-51-54(47,48)50-27-32(42)26-40)52-38(45)22-17-10-8-6-7-9-14-18-30(2)3/h11,15,23-24,30-36,39-43,46H,4-10,12-14,16-22,25-29H2,1-3H3,(H,47,48)/b15-11-,24-23+/t31-,32-,33+,34-,35-,36+,39?/m0/s1. The van der Waals surface area contributed by atoms with E-state index in [-0.39, 0.29) is 25.2 Å². The third kappa shape index (κ3) is 26.2. The average molecular weight is 795 g/mol. The summed E-state index contributed by atoms with van der Waals surface area (Å²) in [6.45, 7) is 4.17. The highest BCUT2D eigenvalue weighted by atomic mass is 31.2. The molecule has 0 radical (unpaired) electrons. The molecule has 1 rings (SSSR count). The molecule has 0 aliphatic carbocycles. The van der Waals surface area contributed by atoms with Crippen molar-refractivity contribution in [2.24, 2.45) is 11.8 Å². The summed E-state index contributed by atoms with van der Waals surface area (Å²) in [5.74, 6) is -0.737. The number of carbonyl (C=O) groups excluding carboxylic acids is 2. The van der Waals surface area contributed by atoms with Gasteiger partial charge in [0.1, 0.15) is 12.7 Å². The molecule has 15 heteroatoms. The number of ether oxygens (including phenoxy) is 3. The molecule has 316 valence electrons. The van der Waals surface area contributed by atoms with Gasteiger partial charge in [-0.15, -0.1) is 0 Å². The molecule has 0 aromatic carbocycles. The molecule has 1 aliphatic heterocycles. The second-order valence-electron chi connectivity index (χ2n) is 14.7. The monoisotopic (exact) mass is 794 g/mol. The second kappa shape index (κ2) is 30.4. The normalized spacial score (nSPS) is 22.0. The van der Waals surface area contributed by atoms with Crippen molar-refractivity contribution in [1.29, 1.82) is 0 Å². The summed E-state index contributed by atoms with van der Waals surface area (Å²) in [7, 11) is -4.68. The first kappa shape index (κ1) is 50.3. The molecule has 1 aliphatic rings. The van der Waals surface area contributed by atoms with Crippen molar-refractivity contribution in [3.8, 4) is 0 Å². The largest absolute Gasteiger partial charge is 0.472 e. The minimum absolute atomic E-state index is 0.0482. The van der Waals surface area contributed by atoms with Gasteiger partial charge in [0.2, 0.25) is 0 Å². The van der Waals surface area contributed by atoms with Crippen LogP contribution < -0.4 is 0 Å². The Hall–Kier alpha value is -1.71. The van der Waals surface area contributed by atoms with Crippen LogP contribution in [-0.4, -0.2) is 106 Å². The maximum absolute atomic E-state index is 12.6. The number of carbonyl (C=O) groups is 2. The maximum atomic E-state index is 12.6. The Morgan fingerprint density at radius 2 is 1.50 bits per heavy atom. The van der Waals surface area contributed by atoms with Crippen LogP contribution >= 0.6 is 7.82 Å². The fourth-order valence-electron chi connectivity index (χ4n) is 5.86. The summed E-state index contributed by atoms with van der Waals surface area (Å²) in [6, 6.07) is 0. The van der Waals surface area contributed by atoms with Gasteiger partial charge in [-0.05, 0) is 38.0 Å². The Morgan fingerprint density at radius 1 is 0.852 bits per heavy atom. The van der Waals surface area contributed by atoms with E-state index >= 15 is 0 Å². The van der Waals surface area contributed by atoms with Crippen LogP contribution in [0.3, 0.4) is 0 Å². The number of aliphatic hydroxyl groups is 5. The van der Waals surface area contributed by atoms with Gasteiger partial charge in [-0.1, -0.05) is 109 Å². The summed E-state index contributed by atoms with van der Waals surface area (Å²) in [6.07, 6.45) is 15.2. The quantitative estimate of drug-likeness (QED) is 0.0206. The van der Waals surface area contributed by atoms with E-state index in [0.29, 0.717) is 38.0 Å². The van der Waals surface area contributed by atoms with Crippen LogP contribution in [-0.2, 0) is 37.4 Å². The summed E-state index contributed by atoms with van der Waals surface area (Å²) in [5.41, 5.74) is 0. The van der Waals surface area contributed by atoms with Crippen LogP contribution in [0.5, 0.6) is 0 Å². The van der Waals surface area contributed by atoms with Crippen molar-refractivity contribution in [3.63, 3.8) is 0 Å². The number of phosphoric ester groups is 1. The van der Waals surface area contributed by atoms with Crippen LogP contribution in [0.15, 0.2) is 24.3 Å². The lowest BCUT2D eigenvalue weighted by Gasteiger charge is -2.36. The van der Waals surface area contributed by atoms with E-state index in [4.69, 9.17) is 23.8 Å². The molecule has 14 nitrogen and oxygen atoms in total. The Morgan fingerprint density at radius 3 is 2.19 bits per heavy atom. The van der Waals surface area contributed by atoms with Crippen LogP contribution in [0.2, 0.25) is 0 Å². The summed E-state index contributed by atoms with van der Waals surface area (Å²) < 4.78 is 38.2. The van der Waals surface area contributed by atoms with Gasteiger partial charge in [0.05, 0.1) is 38.1 Å². The van der Waals surface area contributed by atoms with Gasteiger partial charge in [-0.3, -0.25) is 18.6 Å². The molecule has 6 N–H and O–H groups in total. The summed E-state index contributed by atoms with van der Waals surface area (Å²) >= 11 is 0. The van der Waals surface area contributed by atoms with E-state index in [1.165, 1.54) is 19.3 Å². The van der Waals surface area contributed by atoms with Crippen molar-refractivity contribution in [3.05, 3.63) is 24.3 Å². The zero-order valence-corrected chi connectivity index (χ0v) is 33.8. The van der Waals surface area contributed by atoms with Crippen LogP contribution in [0.1, 0.15) is 136 Å². The summed E-state index contributed by atoms with van der Waals surface area (Å²) in [4.78, 5) is 35.0. The number of unbranched alkanes of at least 4 members (excludes halogenated alkanes) is 9. The van der Waals surface area contributed by atoms with E-state index in [2.05, 4.69) is 25.3 Å². The smallest absolute Gasteiger partial charge is 0.462 e. The first-order chi connectivity index (χ1) is 25.8. The molecule has 0 amide bonds. The Balaban J connectivity index is 2.56. The lowest BCUT2D eigenvalue weighted by Crippen LogP contribution is -2.43. The molecule has 8 atom stereocenters. The van der Waals surface area contributed by atoms with E-state index in [1.807, 2.05) is 12.2 Å². The van der Waals surface area contributed by atoms with Gasteiger partial charge in [-0.25, -0.2) is 4.57 Å². The predicted molar refractivity (Wildman–Crippen MR) is 204 cm³/mol. The Bertz CT molecular complexity index is 1090. The molecular formula is C39H71O14P. The average Bonchev–Trinajstić information content (AvgIpc) is 3.12. The predicted octanol–water partition coefficient (Wildman–Crippen LogP) is 5.79. The zero-order chi connectivity index (χ0) is 40.2. The molecule has 0 aromatic heterocycles. The minimum atomic E-state index is -4.68. The number of esters is 2. The Labute approximate surface area is 322 Å². The van der Waals surface area contributed by atoms with Gasteiger partial charge in [0.25, 0.3) is 0 Å². The number of phosphoric acid groups is 1. The summed E-state index contributed by atoms with van der Waals surface area (Å²) in [5, 5.41) is 49.2. The number of hydrogen-bond donors (Lipinski definition) is 6. The fourth-order valence-corrected chi connectivity index (χ4v) is 6.65. The molecule has 0 spiro atoms. The first-order valence-electron chi connectivity index (χ1n) is 20.0. The van der Waals surface area contributed by atoms with Crippen LogP contribution in [0.25, 0.3) is 0 Å². The Kier molecular flexibility index (Phi) is 28.4. The topological polar surface area (TPSA) is 219 Å². The highest BCUT2D eigenvalue weighted by Gasteiger charge is 2.35. The second-order valence-corrected chi connectivity index (χ2v) is 16.1. The minimum Gasteiger partial charge on any atom is -0.462 e. The number of allylic oxidation sites excluding steroid dienone is 2. The van der Waals surface area contributed by atoms with Crippen molar-refractivity contribution in [2.45, 2.75) is 173 Å². The van der Waals surface area contributed by atoms with Gasteiger partial charge >= 0.3 is 19.8 Å². The van der Waals surface area contributed by atoms with Gasteiger partial charge < -0.3 is 44.6 Å². The van der Waals surface area contributed by atoms with Gasteiger partial charge in [0, 0.05) is 25.2 Å². The van der Waals surface area contributed by atoms with E-state index in [1.54, 1.807) is 12.2 Å². The molecule has 54 heavy (non-hydrogen) atoms. The highest BCUT2D eigenvalue weighted by molar-refractivity contribution is 7.47. The third-order valence-electron chi connectivity index (χ3n) is 9.08. The highest BCUT2D eigenvalue weighted by Crippen LogP contribution is 2.43. The molecule has 2 unspecified atom stereocenters. The first-order valence-corrected chi connectivity index (χ1v) is 21.5. The lowest BCUT2D eigenvalue weighted by atomic mass is 9.87. The van der Waals surface area contributed by atoms with E-state index < -0.39 is 83.0 Å². The SMILES string of the molecule is CCCCC[C@H](O)/C=C/[C@H]1OC(O)C[C@H](O)[C@@H]1C/C=C\CCCC(=O)OC[C@H](COP(=O)(O)OC[C@@H](O)CO)OC(=O)CCCCCCCCCC(C)C. The number of aliphatic hydroxyl groups excluding tert-OH is 5. The molecule has 1 fully saturated rings. The van der Waals surface area contributed by atoms with E-state index in [0.717, 1.165) is 44.9 Å². The lowest BCUT2D eigenvalue weighted by molar-refractivity contribution is -0.199. The molecule has 0 aromatic rings. The molecule has 1 saturated heterocycles. The molecule has 1 heterocycles. The van der Waals surface area contributed by atoms with Gasteiger partial charge in [-0.2, -0.15) is 0 Å². The fraction of sp³-hybridized carbons (Fsp3) is 0.846. The van der Waals surface area contributed by atoms with Crippen molar-refractivity contribution in [2.75, 3.05) is 26.4 Å².